The minimum absolute atomic E-state index is 0.0194. The highest BCUT2D eigenvalue weighted by Gasteiger charge is 2.33. The van der Waals surface area contributed by atoms with E-state index in [1.54, 1.807) is 54.6 Å². The predicted octanol–water partition coefficient (Wildman–Crippen LogP) is 4.40. The summed E-state index contributed by atoms with van der Waals surface area (Å²) in [6.45, 7) is 2.46. The van der Waals surface area contributed by atoms with E-state index in [9.17, 15) is 13.2 Å². The van der Waals surface area contributed by atoms with Crippen LogP contribution in [0.15, 0.2) is 74.9 Å². The van der Waals surface area contributed by atoms with Crippen LogP contribution in [-0.2, 0) is 14.8 Å². The number of sulfonamides is 1. The van der Waals surface area contributed by atoms with Gasteiger partial charge in [0, 0.05) is 11.6 Å². The van der Waals surface area contributed by atoms with Gasteiger partial charge >= 0.3 is 0 Å². The molecule has 7 nitrogen and oxygen atoms in total. The average Bonchev–Trinajstić information content (AvgIpc) is 3.33. The van der Waals surface area contributed by atoms with Gasteiger partial charge in [-0.25, -0.2) is 13.6 Å². The third-order valence-electron chi connectivity index (χ3n) is 4.57. The van der Waals surface area contributed by atoms with Crippen molar-refractivity contribution in [3.8, 4) is 17.1 Å². The van der Waals surface area contributed by atoms with Gasteiger partial charge in [-0.3, -0.25) is 9.69 Å². The zero-order valence-corrected chi connectivity index (χ0v) is 19.3. The Hall–Kier alpha value is -2.92. The standard InChI is InChI=1S/C22H18N2O5S3/c1-2-28-16-7-5-15(6-8-16)24-21(25)20(31-22(24)30)13-17-9-12-19(29-17)14-3-10-18(11-4-14)32(23,26)27/h3-13H,2H2,1H3,(H2,23,26,27)/b20-13-. The molecule has 2 heterocycles. The molecule has 0 saturated carbocycles. The second kappa shape index (κ2) is 8.91. The molecule has 1 aliphatic rings. The minimum Gasteiger partial charge on any atom is -0.494 e. The Morgan fingerprint density at radius 2 is 1.78 bits per heavy atom. The maximum absolute atomic E-state index is 12.9. The van der Waals surface area contributed by atoms with Crippen LogP contribution in [0, 0.1) is 0 Å². The topological polar surface area (TPSA) is 103 Å². The number of benzene rings is 2. The zero-order valence-electron chi connectivity index (χ0n) is 16.8. The minimum atomic E-state index is -3.76. The molecule has 2 aromatic carbocycles. The van der Waals surface area contributed by atoms with E-state index in [4.69, 9.17) is 26.5 Å². The lowest BCUT2D eigenvalue weighted by Crippen LogP contribution is -2.27. The molecule has 1 saturated heterocycles. The lowest BCUT2D eigenvalue weighted by Gasteiger charge is -2.15. The fourth-order valence-corrected chi connectivity index (χ4v) is 4.87. The molecule has 0 spiro atoms. The number of rotatable bonds is 6. The number of anilines is 1. The first kappa shape index (κ1) is 22.3. The largest absolute Gasteiger partial charge is 0.494 e. The van der Waals surface area contributed by atoms with Gasteiger partial charge in [-0.05, 0) is 67.6 Å². The number of amides is 1. The number of furan rings is 1. The third kappa shape index (κ3) is 4.63. The molecule has 1 aliphatic heterocycles. The van der Waals surface area contributed by atoms with Crippen LogP contribution >= 0.6 is 24.0 Å². The summed E-state index contributed by atoms with van der Waals surface area (Å²) in [5.41, 5.74) is 1.34. The Bertz CT molecular complexity index is 1310. The number of hydrogen-bond acceptors (Lipinski definition) is 7. The van der Waals surface area contributed by atoms with Crippen LogP contribution in [0.2, 0.25) is 0 Å². The lowest BCUT2D eigenvalue weighted by atomic mass is 10.2. The first-order valence-electron chi connectivity index (χ1n) is 9.50. The number of carbonyl (C=O) groups excluding carboxylic acids is 1. The van der Waals surface area contributed by atoms with E-state index in [1.165, 1.54) is 28.8 Å². The van der Waals surface area contributed by atoms with Crippen molar-refractivity contribution in [2.75, 3.05) is 11.5 Å². The highest BCUT2D eigenvalue weighted by molar-refractivity contribution is 8.27. The highest BCUT2D eigenvalue weighted by atomic mass is 32.2. The number of thioether (sulfide) groups is 1. The molecule has 0 atom stereocenters. The van der Waals surface area contributed by atoms with Gasteiger partial charge in [-0.1, -0.05) is 24.0 Å². The quantitative estimate of drug-likeness (QED) is 0.407. The molecule has 32 heavy (non-hydrogen) atoms. The van der Waals surface area contributed by atoms with Gasteiger partial charge < -0.3 is 9.15 Å². The van der Waals surface area contributed by atoms with Crippen molar-refractivity contribution >= 4 is 56.0 Å². The Morgan fingerprint density at radius 3 is 2.41 bits per heavy atom. The van der Waals surface area contributed by atoms with Gasteiger partial charge in [0.05, 0.1) is 22.1 Å². The smallest absolute Gasteiger partial charge is 0.270 e. The normalized spacial score (nSPS) is 15.6. The summed E-state index contributed by atoms with van der Waals surface area (Å²) in [5, 5.41) is 5.13. The number of nitrogens with zero attached hydrogens (tertiary/aromatic N) is 1. The molecule has 4 rings (SSSR count). The Kier molecular flexibility index (Phi) is 6.20. The van der Waals surface area contributed by atoms with Crippen LogP contribution in [0.1, 0.15) is 12.7 Å². The monoisotopic (exact) mass is 486 g/mol. The molecule has 0 aliphatic carbocycles. The first-order chi connectivity index (χ1) is 15.3. The molecule has 0 radical (unpaired) electrons. The summed E-state index contributed by atoms with van der Waals surface area (Å²) in [6.07, 6.45) is 1.63. The Balaban J connectivity index is 1.54. The van der Waals surface area contributed by atoms with Crippen molar-refractivity contribution in [2.24, 2.45) is 5.14 Å². The van der Waals surface area contributed by atoms with E-state index >= 15 is 0 Å². The van der Waals surface area contributed by atoms with Crippen molar-refractivity contribution in [1.29, 1.82) is 0 Å². The molecular weight excluding hydrogens is 468 g/mol. The van der Waals surface area contributed by atoms with E-state index in [-0.39, 0.29) is 10.8 Å². The van der Waals surface area contributed by atoms with Gasteiger partial charge in [0.1, 0.15) is 17.3 Å². The van der Waals surface area contributed by atoms with Crippen molar-refractivity contribution in [1.82, 2.24) is 0 Å². The van der Waals surface area contributed by atoms with Crippen molar-refractivity contribution < 1.29 is 22.4 Å². The molecule has 0 bridgehead atoms. The zero-order chi connectivity index (χ0) is 22.9. The second-order valence-corrected chi connectivity index (χ2v) is 9.95. The summed E-state index contributed by atoms with van der Waals surface area (Å²) in [4.78, 5) is 14.9. The fraction of sp³-hybridized carbons (Fsp3) is 0.0909. The summed E-state index contributed by atoms with van der Waals surface area (Å²) in [6, 6.07) is 16.7. The van der Waals surface area contributed by atoms with Gasteiger partial charge in [0.25, 0.3) is 5.91 Å². The molecule has 10 heteroatoms. The van der Waals surface area contributed by atoms with Gasteiger partial charge in [0.2, 0.25) is 10.0 Å². The number of thiocarbonyl (C=S) groups is 1. The van der Waals surface area contributed by atoms with E-state index in [2.05, 4.69) is 0 Å². The summed E-state index contributed by atoms with van der Waals surface area (Å²) < 4.78 is 34.5. The van der Waals surface area contributed by atoms with Crippen LogP contribution in [0.3, 0.4) is 0 Å². The van der Waals surface area contributed by atoms with Crippen LogP contribution in [-0.4, -0.2) is 25.3 Å². The summed E-state index contributed by atoms with van der Waals surface area (Å²) >= 11 is 6.60. The first-order valence-corrected chi connectivity index (χ1v) is 12.3. The van der Waals surface area contributed by atoms with Crippen LogP contribution in [0.5, 0.6) is 5.75 Å². The maximum atomic E-state index is 12.9. The molecule has 3 aromatic rings. The maximum Gasteiger partial charge on any atom is 0.270 e. The molecule has 0 unspecified atom stereocenters. The van der Waals surface area contributed by atoms with Crippen molar-refractivity contribution in [3.63, 3.8) is 0 Å². The summed E-state index contributed by atoms with van der Waals surface area (Å²) in [7, 11) is -3.76. The number of carbonyl (C=O) groups is 1. The molecule has 1 amide bonds. The van der Waals surface area contributed by atoms with Crippen LogP contribution < -0.4 is 14.8 Å². The number of nitrogens with two attached hydrogens (primary N) is 1. The highest BCUT2D eigenvalue weighted by Crippen LogP contribution is 2.37. The second-order valence-electron chi connectivity index (χ2n) is 6.72. The molecular formula is C22H18N2O5S3. The van der Waals surface area contributed by atoms with E-state index in [1.807, 2.05) is 6.92 Å². The fourth-order valence-electron chi connectivity index (χ4n) is 3.07. The molecule has 164 valence electrons. The van der Waals surface area contributed by atoms with Gasteiger partial charge in [-0.2, -0.15) is 0 Å². The average molecular weight is 487 g/mol. The van der Waals surface area contributed by atoms with E-state index in [0.717, 1.165) is 5.75 Å². The Morgan fingerprint density at radius 1 is 1.09 bits per heavy atom. The van der Waals surface area contributed by atoms with E-state index < -0.39 is 10.0 Å². The lowest BCUT2D eigenvalue weighted by molar-refractivity contribution is -0.113. The predicted molar refractivity (Wildman–Crippen MR) is 129 cm³/mol. The van der Waals surface area contributed by atoms with Crippen LogP contribution in [0.25, 0.3) is 17.4 Å². The molecule has 1 aromatic heterocycles. The number of primary sulfonamides is 1. The molecule has 1 fully saturated rings. The van der Waals surface area contributed by atoms with Gasteiger partial charge in [0.15, 0.2) is 4.32 Å². The SMILES string of the molecule is CCOc1ccc(N2C(=O)/C(=C/c3ccc(-c4ccc(S(N)(=O)=O)cc4)o3)SC2=S)cc1. The molecule has 2 N–H and O–H groups in total. The van der Waals surface area contributed by atoms with Crippen LogP contribution in [0.4, 0.5) is 5.69 Å². The Labute approximate surface area is 194 Å². The number of hydrogen-bond donors (Lipinski definition) is 1. The van der Waals surface area contributed by atoms with Crippen molar-refractivity contribution in [2.45, 2.75) is 11.8 Å². The number of ether oxygens (including phenoxy) is 1. The van der Waals surface area contributed by atoms with Crippen molar-refractivity contribution in [3.05, 3.63) is 71.3 Å². The summed E-state index contributed by atoms with van der Waals surface area (Å²) in [5.74, 6) is 1.49. The van der Waals surface area contributed by atoms with Gasteiger partial charge in [-0.15, -0.1) is 0 Å². The third-order valence-corrected chi connectivity index (χ3v) is 6.80. The van der Waals surface area contributed by atoms with E-state index in [0.29, 0.717) is 38.6 Å².